The van der Waals surface area contributed by atoms with E-state index >= 15 is 0 Å². The van der Waals surface area contributed by atoms with Crippen molar-refractivity contribution >= 4 is 33.6 Å². The van der Waals surface area contributed by atoms with Crippen LogP contribution in [0.4, 0.5) is 5.82 Å². The minimum Gasteiger partial charge on any atom is -0.494 e. The molecule has 0 fully saturated rings. The smallest absolute Gasteiger partial charge is 0.167 e. The second-order valence-electron chi connectivity index (χ2n) is 5.11. The van der Waals surface area contributed by atoms with E-state index in [1.165, 1.54) is 0 Å². The van der Waals surface area contributed by atoms with Crippen molar-refractivity contribution in [3.8, 4) is 5.75 Å². The van der Waals surface area contributed by atoms with E-state index in [0.29, 0.717) is 0 Å². The first kappa shape index (κ1) is 15.4. The molecule has 0 unspecified atom stereocenters. The Morgan fingerprint density at radius 1 is 1.26 bits per heavy atom. The molecule has 6 heteroatoms. The number of hydrogen-bond acceptors (Lipinski definition) is 6. The van der Waals surface area contributed by atoms with Crippen LogP contribution in [0, 0.1) is 6.92 Å². The lowest BCUT2D eigenvalue weighted by molar-refractivity contribution is 0.317. The van der Waals surface area contributed by atoms with E-state index in [4.69, 9.17) is 4.74 Å². The number of ether oxygens (including phenoxy) is 1. The molecule has 1 N–H and O–H groups in total. The van der Waals surface area contributed by atoms with Crippen molar-refractivity contribution in [2.45, 2.75) is 20.3 Å². The highest BCUT2D eigenvalue weighted by atomic mass is 32.1. The topological polar surface area (TPSA) is 59.4 Å². The van der Waals surface area contributed by atoms with Crippen molar-refractivity contribution in [1.29, 1.82) is 0 Å². The van der Waals surface area contributed by atoms with Crippen molar-refractivity contribution in [2.75, 3.05) is 12.0 Å². The fourth-order valence-electron chi connectivity index (χ4n) is 2.09. The minimum absolute atomic E-state index is 0.729. The molecule has 23 heavy (non-hydrogen) atoms. The second-order valence-corrected chi connectivity index (χ2v) is 5.99. The normalized spacial score (nSPS) is 11.2. The summed E-state index contributed by atoms with van der Waals surface area (Å²) in [5, 5.41) is 6.34. The molecule has 0 aliphatic carbocycles. The van der Waals surface area contributed by atoms with Gasteiger partial charge in [-0.05, 0) is 54.1 Å². The van der Waals surface area contributed by atoms with Gasteiger partial charge < -0.3 is 4.74 Å². The first-order chi connectivity index (χ1) is 11.3. The number of fused-ring (bicyclic) bond motifs is 1. The average molecular weight is 326 g/mol. The molecule has 3 rings (SSSR count). The predicted molar refractivity (Wildman–Crippen MR) is 95.6 cm³/mol. The lowest BCUT2D eigenvalue weighted by Crippen LogP contribution is -1.96. The number of anilines is 1. The van der Waals surface area contributed by atoms with Gasteiger partial charge in [-0.1, -0.05) is 6.92 Å². The maximum Gasteiger partial charge on any atom is 0.167 e. The molecule has 0 aliphatic rings. The van der Waals surface area contributed by atoms with E-state index in [2.05, 4.69) is 32.8 Å². The van der Waals surface area contributed by atoms with Gasteiger partial charge in [-0.3, -0.25) is 5.43 Å². The Labute approximate surface area is 139 Å². The molecular weight excluding hydrogens is 308 g/mol. The summed E-state index contributed by atoms with van der Waals surface area (Å²) in [6.07, 6.45) is 4.32. The number of hydrogen-bond donors (Lipinski definition) is 1. The molecule has 0 saturated carbocycles. The zero-order valence-corrected chi connectivity index (χ0v) is 13.9. The number of benzene rings is 1. The van der Waals surface area contributed by atoms with E-state index in [9.17, 15) is 0 Å². The molecule has 0 radical (unpaired) electrons. The Kier molecular flexibility index (Phi) is 4.83. The Hall–Kier alpha value is -2.47. The Balaban J connectivity index is 1.68. The third-order valence-corrected chi connectivity index (χ3v) is 4.36. The number of aryl methyl sites for hydroxylation is 1. The van der Waals surface area contributed by atoms with E-state index in [0.717, 1.165) is 45.9 Å². The summed E-state index contributed by atoms with van der Waals surface area (Å²) in [6.45, 7) is 4.87. The minimum atomic E-state index is 0.729. The fraction of sp³-hybridized carbons (Fsp3) is 0.235. The van der Waals surface area contributed by atoms with Crippen molar-refractivity contribution < 1.29 is 4.74 Å². The molecule has 2 aromatic heterocycles. The van der Waals surface area contributed by atoms with Gasteiger partial charge in [0.1, 0.15) is 12.1 Å². The molecule has 0 atom stereocenters. The maximum absolute atomic E-state index is 5.56. The number of nitrogens with zero attached hydrogens (tertiary/aromatic N) is 3. The number of hydrazone groups is 1. The van der Waals surface area contributed by atoms with Crippen molar-refractivity contribution in [1.82, 2.24) is 9.97 Å². The van der Waals surface area contributed by atoms with Crippen LogP contribution in [-0.2, 0) is 0 Å². The maximum atomic E-state index is 5.56. The Bertz CT molecular complexity index is 811. The van der Waals surface area contributed by atoms with Crippen LogP contribution in [0.3, 0.4) is 0 Å². The lowest BCUT2D eigenvalue weighted by atomic mass is 10.2. The highest BCUT2D eigenvalue weighted by Gasteiger charge is 2.06. The zero-order valence-electron chi connectivity index (χ0n) is 13.1. The van der Waals surface area contributed by atoms with Gasteiger partial charge in [0.15, 0.2) is 5.82 Å². The van der Waals surface area contributed by atoms with Crippen molar-refractivity contribution in [2.24, 2.45) is 5.10 Å². The molecule has 1 aromatic carbocycles. The predicted octanol–water partition coefficient (Wildman–Crippen LogP) is 4.23. The van der Waals surface area contributed by atoms with Crippen LogP contribution in [0.5, 0.6) is 5.75 Å². The van der Waals surface area contributed by atoms with Gasteiger partial charge in [0.05, 0.1) is 23.0 Å². The summed E-state index contributed by atoms with van der Waals surface area (Å²) >= 11 is 1.62. The highest BCUT2D eigenvalue weighted by Crippen LogP contribution is 2.28. The first-order valence-corrected chi connectivity index (χ1v) is 8.36. The fourth-order valence-corrected chi connectivity index (χ4v) is 3.03. The van der Waals surface area contributed by atoms with E-state index in [-0.39, 0.29) is 0 Å². The quantitative estimate of drug-likeness (QED) is 0.544. The van der Waals surface area contributed by atoms with Gasteiger partial charge in [-0.2, -0.15) is 5.10 Å². The van der Waals surface area contributed by atoms with Gasteiger partial charge in [0.2, 0.25) is 0 Å². The molecule has 0 amide bonds. The van der Waals surface area contributed by atoms with Crippen LogP contribution < -0.4 is 10.2 Å². The monoisotopic (exact) mass is 326 g/mol. The van der Waals surface area contributed by atoms with Gasteiger partial charge in [-0.15, -0.1) is 11.3 Å². The first-order valence-electron chi connectivity index (χ1n) is 7.48. The summed E-state index contributed by atoms with van der Waals surface area (Å²) in [6, 6.07) is 7.84. The second kappa shape index (κ2) is 7.19. The standard InChI is InChI=1S/C17H18N4OS/c1-3-8-22-14-6-4-13(5-7-14)9-20-21-17-16-15(18-11-19-17)12(2)10-23-16/h4-7,9-11H,3,8H2,1-2H3,(H,18,19,21). The van der Waals surface area contributed by atoms with Crippen LogP contribution in [0.2, 0.25) is 0 Å². The summed E-state index contributed by atoms with van der Waals surface area (Å²) in [7, 11) is 0. The van der Waals surface area contributed by atoms with Gasteiger partial charge in [0.25, 0.3) is 0 Å². The molecule has 0 bridgehead atoms. The number of rotatable bonds is 6. The largest absolute Gasteiger partial charge is 0.494 e. The van der Waals surface area contributed by atoms with Crippen LogP contribution in [-0.4, -0.2) is 22.8 Å². The van der Waals surface area contributed by atoms with E-state index in [1.807, 2.05) is 31.2 Å². The van der Waals surface area contributed by atoms with Crippen molar-refractivity contribution in [3.05, 3.63) is 47.1 Å². The summed E-state index contributed by atoms with van der Waals surface area (Å²) in [5.41, 5.74) is 6.12. The number of nitrogens with one attached hydrogen (secondary N) is 1. The molecule has 2 heterocycles. The van der Waals surface area contributed by atoms with Crippen LogP contribution in [0.1, 0.15) is 24.5 Å². The van der Waals surface area contributed by atoms with E-state index in [1.54, 1.807) is 23.9 Å². The Morgan fingerprint density at radius 3 is 2.87 bits per heavy atom. The molecular formula is C17H18N4OS. The zero-order chi connectivity index (χ0) is 16.1. The summed E-state index contributed by atoms with van der Waals surface area (Å²) in [5.74, 6) is 1.61. The molecule has 0 spiro atoms. The Morgan fingerprint density at radius 2 is 2.09 bits per heavy atom. The van der Waals surface area contributed by atoms with Crippen LogP contribution in [0.25, 0.3) is 10.2 Å². The molecule has 5 nitrogen and oxygen atoms in total. The summed E-state index contributed by atoms with van der Waals surface area (Å²) in [4.78, 5) is 8.55. The van der Waals surface area contributed by atoms with Crippen LogP contribution in [0.15, 0.2) is 41.1 Å². The molecule has 3 aromatic rings. The molecule has 0 saturated heterocycles. The van der Waals surface area contributed by atoms with E-state index < -0.39 is 0 Å². The third-order valence-electron chi connectivity index (χ3n) is 3.27. The average Bonchev–Trinajstić information content (AvgIpc) is 2.96. The third kappa shape index (κ3) is 3.65. The van der Waals surface area contributed by atoms with Gasteiger partial charge >= 0.3 is 0 Å². The highest BCUT2D eigenvalue weighted by molar-refractivity contribution is 7.18. The number of thiophene rings is 1. The summed E-state index contributed by atoms with van der Waals surface area (Å²) < 4.78 is 6.58. The van der Waals surface area contributed by atoms with Crippen LogP contribution >= 0.6 is 11.3 Å². The SMILES string of the molecule is CCCOc1ccc(C=NNc2ncnc3c(C)csc23)cc1. The van der Waals surface area contributed by atoms with Gasteiger partial charge in [0, 0.05) is 0 Å². The van der Waals surface area contributed by atoms with Crippen molar-refractivity contribution in [3.63, 3.8) is 0 Å². The number of aromatic nitrogens is 2. The molecule has 118 valence electrons. The molecule has 0 aliphatic heterocycles. The lowest BCUT2D eigenvalue weighted by Gasteiger charge is -2.04. The van der Waals surface area contributed by atoms with Gasteiger partial charge in [-0.25, -0.2) is 9.97 Å².